The van der Waals surface area contributed by atoms with Gasteiger partial charge in [0.05, 0.1) is 0 Å². The van der Waals surface area contributed by atoms with E-state index in [0.29, 0.717) is 24.5 Å². The van der Waals surface area contributed by atoms with Gasteiger partial charge in [0, 0.05) is 41.7 Å². The lowest BCUT2D eigenvalue weighted by atomic mass is 9.81. The molecule has 4 rings (SSSR count). The first kappa shape index (κ1) is 17.0. The van der Waals surface area contributed by atoms with E-state index >= 15 is 0 Å². The number of benzene rings is 2. The number of rotatable bonds is 6. The Balaban J connectivity index is 1.56. The van der Waals surface area contributed by atoms with E-state index in [0.717, 1.165) is 25.9 Å². The van der Waals surface area contributed by atoms with Gasteiger partial charge >= 0.3 is 0 Å². The van der Waals surface area contributed by atoms with Crippen molar-refractivity contribution in [3.05, 3.63) is 76.2 Å². The molecule has 1 saturated heterocycles. The highest BCUT2D eigenvalue weighted by atomic mass is 15.2. The van der Waals surface area contributed by atoms with Crippen molar-refractivity contribution >= 4 is 5.69 Å². The molecular formula is C21H25N5. The fourth-order valence-corrected chi connectivity index (χ4v) is 4.63. The molecule has 5 nitrogen and oxygen atoms in total. The van der Waals surface area contributed by atoms with Crippen LogP contribution in [-0.2, 0) is 6.54 Å². The highest BCUT2D eigenvalue weighted by Gasteiger charge is 2.43. The van der Waals surface area contributed by atoms with Gasteiger partial charge in [-0.1, -0.05) is 53.6 Å². The van der Waals surface area contributed by atoms with Gasteiger partial charge in [-0.05, 0) is 48.5 Å². The second-order valence-corrected chi connectivity index (χ2v) is 7.29. The Morgan fingerprint density at radius 2 is 1.92 bits per heavy atom. The van der Waals surface area contributed by atoms with Gasteiger partial charge in [0.2, 0.25) is 0 Å². The summed E-state index contributed by atoms with van der Waals surface area (Å²) in [6.45, 7) is 2.72. The largest absolute Gasteiger partial charge is 0.382 e. The second kappa shape index (κ2) is 7.81. The monoisotopic (exact) mass is 347 g/mol. The molecule has 0 aromatic heterocycles. The zero-order chi connectivity index (χ0) is 17.8. The molecule has 134 valence electrons. The Bertz CT molecular complexity index is 784. The molecule has 2 aromatic rings. The summed E-state index contributed by atoms with van der Waals surface area (Å²) < 4.78 is 0. The molecule has 2 heterocycles. The molecule has 0 amide bonds. The molecule has 3 atom stereocenters. The highest BCUT2D eigenvalue weighted by molar-refractivity contribution is 5.56. The number of hydrogen-bond donors (Lipinski definition) is 1. The Hall–Kier alpha value is -2.49. The first-order chi connectivity index (χ1) is 12.9. The molecule has 0 saturated carbocycles. The Labute approximate surface area is 154 Å². The standard InChI is InChI=1S/C21H25N5/c22-25-23-13-6-11-20-18-12-14-26(15-16-7-2-1-3-8-16)21(18)17-9-4-5-10-19(17)24-20/h1-5,7-10,18,20-21,24H,6,11-15H2/t18-,20-,21+/m0/s1. The number of anilines is 1. The molecule has 0 radical (unpaired) electrons. The van der Waals surface area contributed by atoms with Gasteiger partial charge in [0.1, 0.15) is 0 Å². The van der Waals surface area contributed by atoms with Crippen LogP contribution in [0.25, 0.3) is 10.4 Å². The summed E-state index contributed by atoms with van der Waals surface area (Å²) in [4.78, 5) is 5.52. The predicted octanol–water partition coefficient (Wildman–Crippen LogP) is 5.13. The molecule has 0 bridgehead atoms. The van der Waals surface area contributed by atoms with Crippen LogP contribution in [0.15, 0.2) is 59.7 Å². The lowest BCUT2D eigenvalue weighted by Gasteiger charge is -2.40. The van der Waals surface area contributed by atoms with Crippen molar-refractivity contribution in [2.24, 2.45) is 11.0 Å². The summed E-state index contributed by atoms with van der Waals surface area (Å²) in [6, 6.07) is 20.4. The topological polar surface area (TPSA) is 64.0 Å². The molecular weight excluding hydrogens is 322 g/mol. The third-order valence-electron chi connectivity index (χ3n) is 5.75. The van der Waals surface area contributed by atoms with Crippen LogP contribution in [0.2, 0.25) is 0 Å². The number of likely N-dealkylation sites (tertiary alicyclic amines) is 1. The van der Waals surface area contributed by atoms with Crippen molar-refractivity contribution < 1.29 is 0 Å². The van der Waals surface area contributed by atoms with Crippen molar-refractivity contribution in [2.75, 3.05) is 18.4 Å². The Morgan fingerprint density at radius 1 is 1.12 bits per heavy atom. The normalized spacial score (nSPS) is 24.2. The Morgan fingerprint density at radius 3 is 2.77 bits per heavy atom. The van der Waals surface area contributed by atoms with Crippen LogP contribution in [-0.4, -0.2) is 24.0 Å². The highest BCUT2D eigenvalue weighted by Crippen LogP contribution is 2.47. The molecule has 5 heteroatoms. The first-order valence-electron chi connectivity index (χ1n) is 9.51. The summed E-state index contributed by atoms with van der Waals surface area (Å²) in [7, 11) is 0. The van der Waals surface area contributed by atoms with Crippen LogP contribution >= 0.6 is 0 Å². The van der Waals surface area contributed by atoms with Gasteiger partial charge in [-0.2, -0.15) is 0 Å². The third kappa shape index (κ3) is 3.41. The summed E-state index contributed by atoms with van der Waals surface area (Å²) in [5.41, 5.74) is 12.6. The minimum absolute atomic E-state index is 0.449. The number of para-hydroxylation sites is 1. The van der Waals surface area contributed by atoms with Crippen molar-refractivity contribution in [3.63, 3.8) is 0 Å². The van der Waals surface area contributed by atoms with Crippen LogP contribution in [0.5, 0.6) is 0 Å². The van der Waals surface area contributed by atoms with Crippen LogP contribution in [0.1, 0.15) is 36.4 Å². The number of nitrogens with one attached hydrogen (secondary N) is 1. The smallest absolute Gasteiger partial charge is 0.0420 e. The van der Waals surface area contributed by atoms with Gasteiger partial charge in [0.15, 0.2) is 0 Å². The maximum Gasteiger partial charge on any atom is 0.0420 e. The molecule has 0 unspecified atom stereocenters. The summed E-state index contributed by atoms with van der Waals surface area (Å²) in [5, 5.41) is 7.47. The average molecular weight is 347 g/mol. The quantitative estimate of drug-likeness (QED) is 0.340. The summed E-state index contributed by atoms with van der Waals surface area (Å²) in [6.07, 6.45) is 3.20. The van der Waals surface area contributed by atoms with Gasteiger partial charge in [-0.3, -0.25) is 4.90 Å². The fourth-order valence-electron chi connectivity index (χ4n) is 4.63. The van der Waals surface area contributed by atoms with E-state index < -0.39 is 0 Å². The molecule has 1 N–H and O–H groups in total. The van der Waals surface area contributed by atoms with Crippen molar-refractivity contribution in [1.82, 2.24) is 4.90 Å². The van der Waals surface area contributed by atoms with Crippen molar-refractivity contribution in [1.29, 1.82) is 0 Å². The fraction of sp³-hybridized carbons (Fsp3) is 0.429. The third-order valence-corrected chi connectivity index (χ3v) is 5.75. The second-order valence-electron chi connectivity index (χ2n) is 7.29. The minimum Gasteiger partial charge on any atom is -0.382 e. The molecule has 0 aliphatic carbocycles. The molecule has 2 aliphatic rings. The minimum atomic E-state index is 0.449. The zero-order valence-electron chi connectivity index (χ0n) is 15.0. The zero-order valence-corrected chi connectivity index (χ0v) is 15.0. The van der Waals surface area contributed by atoms with E-state index in [1.54, 1.807) is 0 Å². The lowest BCUT2D eigenvalue weighted by molar-refractivity contribution is 0.202. The van der Waals surface area contributed by atoms with Crippen LogP contribution < -0.4 is 5.32 Å². The number of nitrogens with zero attached hydrogens (tertiary/aromatic N) is 4. The maximum absolute atomic E-state index is 8.49. The van der Waals surface area contributed by atoms with E-state index in [-0.39, 0.29) is 0 Å². The van der Waals surface area contributed by atoms with Crippen molar-refractivity contribution in [2.45, 2.75) is 37.9 Å². The van der Waals surface area contributed by atoms with E-state index in [1.807, 2.05) is 0 Å². The number of hydrogen-bond acceptors (Lipinski definition) is 3. The molecule has 1 fully saturated rings. The maximum atomic E-state index is 8.49. The SMILES string of the molecule is [N-]=[N+]=NCCC[C@@H]1Nc2ccccc2[C@@H]2[C@H]1CCN2Cc1ccccc1. The predicted molar refractivity (Wildman–Crippen MR) is 105 cm³/mol. The molecule has 2 aromatic carbocycles. The molecule has 0 spiro atoms. The first-order valence-corrected chi connectivity index (χ1v) is 9.51. The summed E-state index contributed by atoms with van der Waals surface area (Å²) >= 11 is 0. The molecule has 26 heavy (non-hydrogen) atoms. The van der Waals surface area contributed by atoms with E-state index in [4.69, 9.17) is 5.53 Å². The number of fused-ring (bicyclic) bond motifs is 3. The van der Waals surface area contributed by atoms with Crippen LogP contribution in [0.3, 0.4) is 0 Å². The average Bonchev–Trinajstić information content (AvgIpc) is 3.10. The van der Waals surface area contributed by atoms with Crippen LogP contribution in [0, 0.1) is 5.92 Å². The van der Waals surface area contributed by atoms with E-state index in [9.17, 15) is 0 Å². The number of azide groups is 1. The van der Waals surface area contributed by atoms with Gasteiger partial charge in [0.25, 0.3) is 0 Å². The Kier molecular flexibility index (Phi) is 5.09. The van der Waals surface area contributed by atoms with Gasteiger partial charge in [-0.25, -0.2) is 0 Å². The van der Waals surface area contributed by atoms with E-state index in [1.165, 1.54) is 23.2 Å². The summed E-state index contributed by atoms with van der Waals surface area (Å²) in [5.74, 6) is 0.611. The van der Waals surface area contributed by atoms with E-state index in [2.05, 4.69) is 74.8 Å². The molecule has 2 aliphatic heterocycles. The lowest BCUT2D eigenvalue weighted by Crippen LogP contribution is -2.39. The van der Waals surface area contributed by atoms with Gasteiger partial charge < -0.3 is 5.32 Å². The van der Waals surface area contributed by atoms with Gasteiger partial charge in [-0.15, -0.1) is 0 Å². The van der Waals surface area contributed by atoms with Crippen LogP contribution in [0.4, 0.5) is 5.69 Å². The van der Waals surface area contributed by atoms with Crippen molar-refractivity contribution in [3.8, 4) is 0 Å².